The van der Waals surface area contributed by atoms with Crippen LogP contribution in [-0.2, 0) is 17.6 Å². The van der Waals surface area contributed by atoms with E-state index in [4.69, 9.17) is 9.97 Å². The lowest BCUT2D eigenvalue weighted by Gasteiger charge is -2.28. The number of likely N-dealkylation sites (tertiary alicyclic amines) is 1. The van der Waals surface area contributed by atoms with Crippen LogP contribution in [-0.4, -0.2) is 67.9 Å². The number of β-amino-alcohol motifs (C(OH)–C–C–N with tert-alkyl or cyclic N) is 1. The summed E-state index contributed by atoms with van der Waals surface area (Å²) in [6.07, 6.45) is 10.0. The second-order valence-corrected chi connectivity index (χ2v) is 10.0. The predicted molar refractivity (Wildman–Crippen MR) is 125 cm³/mol. The fourth-order valence-electron chi connectivity index (χ4n) is 6.03. The van der Waals surface area contributed by atoms with Gasteiger partial charge in [0.25, 0.3) is 0 Å². The van der Waals surface area contributed by atoms with Gasteiger partial charge in [0.1, 0.15) is 11.9 Å². The third-order valence-corrected chi connectivity index (χ3v) is 7.83. The normalized spacial score (nSPS) is 25.2. The Morgan fingerprint density at radius 1 is 1.06 bits per heavy atom. The van der Waals surface area contributed by atoms with E-state index in [1.165, 1.54) is 36.9 Å². The number of hydrogen-bond donors (Lipinski definition) is 3. The summed E-state index contributed by atoms with van der Waals surface area (Å²) in [7, 11) is 0. The predicted octanol–water partition coefficient (Wildman–Crippen LogP) is 2.65. The Bertz CT molecular complexity index is 1030. The zero-order chi connectivity index (χ0) is 22.4. The molecule has 33 heavy (non-hydrogen) atoms. The van der Waals surface area contributed by atoms with Gasteiger partial charge in [0, 0.05) is 42.9 Å². The number of carbonyl (C=O) groups is 1. The number of nitrogens with zero attached hydrogens (tertiary/aromatic N) is 5. The Morgan fingerprint density at radius 2 is 1.94 bits per heavy atom. The number of anilines is 3. The van der Waals surface area contributed by atoms with E-state index in [9.17, 15) is 9.90 Å². The van der Waals surface area contributed by atoms with Gasteiger partial charge >= 0.3 is 0 Å². The summed E-state index contributed by atoms with van der Waals surface area (Å²) in [5.41, 5.74) is 3.47. The van der Waals surface area contributed by atoms with Crippen molar-refractivity contribution in [3.8, 4) is 0 Å². The van der Waals surface area contributed by atoms with Crippen LogP contribution in [0.3, 0.4) is 0 Å². The van der Waals surface area contributed by atoms with E-state index in [1.54, 1.807) is 4.90 Å². The van der Waals surface area contributed by atoms with Crippen molar-refractivity contribution in [1.82, 2.24) is 25.1 Å². The molecule has 6 rings (SSSR count). The van der Waals surface area contributed by atoms with Crippen molar-refractivity contribution in [1.29, 1.82) is 0 Å². The van der Waals surface area contributed by atoms with Gasteiger partial charge in [-0.2, -0.15) is 10.1 Å². The number of aromatic nitrogens is 4. The summed E-state index contributed by atoms with van der Waals surface area (Å²) in [6.45, 7) is 1.84. The second kappa shape index (κ2) is 8.59. The van der Waals surface area contributed by atoms with Gasteiger partial charge in [0.05, 0.1) is 11.8 Å². The molecule has 0 bridgehead atoms. The van der Waals surface area contributed by atoms with E-state index in [2.05, 4.69) is 26.5 Å². The number of nitrogens with one attached hydrogen (secondary N) is 2. The van der Waals surface area contributed by atoms with E-state index < -0.39 is 6.10 Å². The number of rotatable bonds is 5. The van der Waals surface area contributed by atoms with Crippen molar-refractivity contribution in [2.75, 3.05) is 29.9 Å². The fraction of sp³-hybridized carbons (Fsp3) is 0.667. The number of aryl methyl sites for hydroxylation is 1. The van der Waals surface area contributed by atoms with Gasteiger partial charge in [-0.1, -0.05) is 12.8 Å². The molecule has 2 aliphatic carbocycles. The lowest BCUT2D eigenvalue weighted by Crippen LogP contribution is -2.45. The lowest BCUT2D eigenvalue weighted by atomic mass is 10.0. The number of fused-ring (bicyclic) bond motifs is 1. The number of aromatic amines is 1. The summed E-state index contributed by atoms with van der Waals surface area (Å²) < 4.78 is 0. The third kappa shape index (κ3) is 3.96. The minimum absolute atomic E-state index is 0.0937. The molecule has 1 saturated carbocycles. The molecule has 0 spiro atoms. The van der Waals surface area contributed by atoms with Gasteiger partial charge in [0.15, 0.2) is 5.82 Å². The van der Waals surface area contributed by atoms with Crippen molar-refractivity contribution in [3.05, 3.63) is 23.0 Å². The van der Waals surface area contributed by atoms with Crippen LogP contribution in [0.15, 0.2) is 6.07 Å². The Hall–Kier alpha value is -2.68. The van der Waals surface area contributed by atoms with Gasteiger partial charge in [-0.05, 0) is 51.4 Å². The zero-order valence-electron chi connectivity index (χ0n) is 19.1. The van der Waals surface area contributed by atoms with Crippen LogP contribution in [0.4, 0.5) is 17.6 Å². The molecule has 2 atom stereocenters. The van der Waals surface area contributed by atoms with Crippen molar-refractivity contribution in [2.45, 2.75) is 82.3 Å². The van der Waals surface area contributed by atoms with E-state index in [0.29, 0.717) is 31.4 Å². The minimum atomic E-state index is -0.404. The topological polar surface area (TPSA) is 110 Å². The van der Waals surface area contributed by atoms with E-state index >= 15 is 0 Å². The van der Waals surface area contributed by atoms with Crippen molar-refractivity contribution in [3.63, 3.8) is 0 Å². The molecule has 9 nitrogen and oxygen atoms in total. The molecule has 4 heterocycles. The molecule has 2 saturated heterocycles. The van der Waals surface area contributed by atoms with Crippen LogP contribution in [0.5, 0.6) is 0 Å². The molecule has 1 unspecified atom stereocenters. The number of aliphatic hydroxyl groups excluding tert-OH is 1. The lowest BCUT2D eigenvalue weighted by molar-refractivity contribution is -0.131. The van der Waals surface area contributed by atoms with Crippen molar-refractivity contribution >= 4 is 23.5 Å². The second-order valence-electron chi connectivity index (χ2n) is 10.0. The van der Waals surface area contributed by atoms with Gasteiger partial charge in [-0.15, -0.1) is 0 Å². The van der Waals surface area contributed by atoms with Gasteiger partial charge in [0.2, 0.25) is 11.9 Å². The number of H-pyrrole nitrogens is 1. The quantitative estimate of drug-likeness (QED) is 0.641. The molecular weight excluding hydrogens is 418 g/mol. The monoisotopic (exact) mass is 451 g/mol. The standard InChI is InChI=1S/C24H33N7O2/c32-16-10-12-30(14-16)23(33)20-9-4-11-31(20)24-25-18-8-3-7-17(18)22(27-24)26-21-13-19(28-29-21)15-5-1-2-6-15/h13,15-16,20,32H,1-12,14H2,(H2,25,26,27,28,29)/t16-,20?/m0/s1. The third-order valence-electron chi connectivity index (χ3n) is 7.83. The largest absolute Gasteiger partial charge is 0.391 e. The number of carbonyl (C=O) groups excluding carboxylic acids is 1. The van der Waals surface area contributed by atoms with Crippen molar-refractivity contribution in [2.24, 2.45) is 0 Å². The Kier molecular flexibility index (Phi) is 5.44. The molecule has 176 valence electrons. The first-order chi connectivity index (χ1) is 16.2. The van der Waals surface area contributed by atoms with Gasteiger partial charge in [-0.3, -0.25) is 9.89 Å². The summed E-state index contributed by atoms with van der Waals surface area (Å²) in [5, 5.41) is 21.1. The number of aliphatic hydroxyl groups is 1. The maximum Gasteiger partial charge on any atom is 0.245 e. The van der Waals surface area contributed by atoms with Crippen LogP contribution in [0.25, 0.3) is 0 Å². The highest BCUT2D eigenvalue weighted by Gasteiger charge is 2.38. The zero-order valence-corrected chi connectivity index (χ0v) is 19.1. The molecule has 2 aromatic rings. The number of hydrogen-bond acceptors (Lipinski definition) is 7. The minimum Gasteiger partial charge on any atom is -0.391 e. The molecule has 3 fully saturated rings. The smallest absolute Gasteiger partial charge is 0.245 e. The van der Waals surface area contributed by atoms with E-state index in [-0.39, 0.29) is 11.9 Å². The average Bonchev–Trinajstić information content (AvgIpc) is 3.63. The first-order valence-corrected chi connectivity index (χ1v) is 12.6. The Morgan fingerprint density at radius 3 is 2.76 bits per heavy atom. The summed E-state index contributed by atoms with van der Waals surface area (Å²) >= 11 is 0. The highest BCUT2D eigenvalue weighted by Crippen LogP contribution is 2.36. The molecule has 2 aliphatic heterocycles. The summed E-state index contributed by atoms with van der Waals surface area (Å²) in [4.78, 5) is 26.9. The van der Waals surface area contributed by atoms with Crippen LogP contribution < -0.4 is 10.2 Å². The van der Waals surface area contributed by atoms with E-state index in [1.807, 2.05) is 0 Å². The highest BCUT2D eigenvalue weighted by molar-refractivity contribution is 5.85. The van der Waals surface area contributed by atoms with Gasteiger partial charge < -0.3 is 20.2 Å². The van der Waals surface area contributed by atoms with E-state index in [0.717, 1.165) is 56.0 Å². The molecule has 1 amide bonds. The molecule has 0 radical (unpaired) electrons. The molecule has 3 N–H and O–H groups in total. The maximum atomic E-state index is 13.2. The van der Waals surface area contributed by atoms with Crippen LogP contribution in [0.1, 0.15) is 74.2 Å². The van der Waals surface area contributed by atoms with Gasteiger partial charge in [-0.25, -0.2) is 4.98 Å². The van der Waals surface area contributed by atoms with Crippen LogP contribution >= 0.6 is 0 Å². The summed E-state index contributed by atoms with van der Waals surface area (Å²) in [5.74, 6) is 2.94. The fourth-order valence-corrected chi connectivity index (χ4v) is 6.03. The number of amides is 1. The van der Waals surface area contributed by atoms with Crippen molar-refractivity contribution < 1.29 is 9.90 Å². The Labute approximate surface area is 194 Å². The maximum absolute atomic E-state index is 13.2. The average molecular weight is 452 g/mol. The SMILES string of the molecule is O=C(C1CCCN1c1nc2c(c(Nc3cc(C4CCCC4)[nH]n3)n1)CCC2)N1CC[C@H](O)C1. The van der Waals surface area contributed by atoms with Crippen LogP contribution in [0, 0.1) is 0 Å². The molecule has 2 aromatic heterocycles. The summed E-state index contributed by atoms with van der Waals surface area (Å²) in [6, 6.07) is 1.88. The molecule has 9 heteroatoms. The first-order valence-electron chi connectivity index (χ1n) is 12.6. The molecule has 0 aromatic carbocycles. The Balaban J connectivity index is 1.26. The van der Waals surface area contributed by atoms with Crippen LogP contribution in [0.2, 0.25) is 0 Å². The molecular formula is C24H33N7O2. The first kappa shape index (κ1) is 20.9. The molecule has 4 aliphatic rings. The highest BCUT2D eigenvalue weighted by atomic mass is 16.3.